The Labute approximate surface area is 66.2 Å². The Kier molecular flexibility index (Phi) is 5.36. The van der Waals surface area contributed by atoms with E-state index in [1.54, 1.807) is 0 Å². The third kappa shape index (κ3) is 8.44. The Hall–Kier alpha value is 0.440. The van der Waals surface area contributed by atoms with E-state index in [-0.39, 0.29) is 0 Å². The quantitative estimate of drug-likeness (QED) is 0.529. The molecule has 0 radical (unpaired) electrons. The van der Waals surface area contributed by atoms with Crippen LogP contribution in [0.15, 0.2) is 0 Å². The second-order valence-corrected chi connectivity index (χ2v) is 4.78. The van der Waals surface area contributed by atoms with E-state index in [2.05, 4.69) is 11.4 Å². The Morgan fingerprint density at radius 2 is 2.20 bits per heavy atom. The normalized spacial score (nSPS) is 16.7. The van der Waals surface area contributed by atoms with E-state index in [9.17, 15) is 4.57 Å². The van der Waals surface area contributed by atoms with Crippen LogP contribution in [0.4, 0.5) is 0 Å². The number of unbranched alkanes of at least 4 members (excludes halogenated alkanes) is 2. The molecule has 10 heavy (non-hydrogen) atoms. The van der Waals surface area contributed by atoms with Gasteiger partial charge in [-0.2, -0.15) is 0 Å². The highest BCUT2D eigenvalue weighted by Gasteiger charge is 2.09. The molecule has 0 heterocycles. The van der Waals surface area contributed by atoms with E-state index in [4.69, 9.17) is 16.7 Å². The van der Waals surface area contributed by atoms with Gasteiger partial charge >= 0.3 is 6.87 Å². The van der Waals surface area contributed by atoms with Crippen molar-refractivity contribution in [1.82, 2.24) is 0 Å². The molecule has 3 nitrogen and oxygen atoms in total. The third-order valence-electron chi connectivity index (χ3n) is 1.02. The van der Waals surface area contributed by atoms with Crippen LogP contribution in [0, 0.1) is 0 Å². The van der Waals surface area contributed by atoms with Crippen LogP contribution in [0.2, 0.25) is 0 Å². The lowest BCUT2D eigenvalue weighted by molar-refractivity contribution is 0.313. The summed E-state index contributed by atoms with van der Waals surface area (Å²) in [5, 5.41) is 0. The highest BCUT2D eigenvalue weighted by atomic mass is 35.7. The zero-order valence-corrected chi connectivity index (χ0v) is 7.70. The summed E-state index contributed by atoms with van der Waals surface area (Å²) < 4.78 is 15.1. The summed E-state index contributed by atoms with van der Waals surface area (Å²) in [6, 6.07) is 0. The lowest BCUT2D eigenvalue weighted by Crippen LogP contribution is -1.95. The van der Waals surface area contributed by atoms with Gasteiger partial charge in [0.1, 0.15) is 0 Å². The first kappa shape index (κ1) is 10.4. The standard InChI is InChI=1S/C5H13ClNO2P/c1-2-3-4-5-9-10(6,7)8/h2-5H2,1H3,(H2,7,8). The SMILES string of the molecule is CCCCCOP(N)(=O)Cl. The summed E-state index contributed by atoms with van der Waals surface area (Å²) >= 11 is 5.12. The van der Waals surface area contributed by atoms with E-state index >= 15 is 0 Å². The van der Waals surface area contributed by atoms with Gasteiger partial charge in [-0.05, 0) is 17.7 Å². The first-order valence-corrected chi connectivity index (χ1v) is 5.89. The Balaban J connectivity index is 3.13. The van der Waals surface area contributed by atoms with Crippen molar-refractivity contribution in [1.29, 1.82) is 0 Å². The third-order valence-corrected chi connectivity index (χ3v) is 1.84. The van der Waals surface area contributed by atoms with Gasteiger partial charge in [0.2, 0.25) is 0 Å². The lowest BCUT2D eigenvalue weighted by Gasteiger charge is -2.03. The molecule has 0 aromatic carbocycles. The molecule has 0 spiro atoms. The van der Waals surface area contributed by atoms with Crippen molar-refractivity contribution in [3.05, 3.63) is 0 Å². The van der Waals surface area contributed by atoms with Gasteiger partial charge in [0, 0.05) is 0 Å². The van der Waals surface area contributed by atoms with Gasteiger partial charge in [-0.15, -0.1) is 0 Å². The van der Waals surface area contributed by atoms with E-state index < -0.39 is 6.87 Å². The summed E-state index contributed by atoms with van der Waals surface area (Å²) in [6.45, 7) is -0.768. The van der Waals surface area contributed by atoms with Crippen molar-refractivity contribution in [3.63, 3.8) is 0 Å². The molecule has 1 unspecified atom stereocenters. The molecule has 0 amide bonds. The highest BCUT2D eigenvalue weighted by molar-refractivity contribution is 7.83. The van der Waals surface area contributed by atoms with Crippen molar-refractivity contribution in [2.24, 2.45) is 5.50 Å². The zero-order valence-electron chi connectivity index (χ0n) is 6.05. The summed E-state index contributed by atoms with van der Waals surface area (Å²) in [4.78, 5) is 0. The van der Waals surface area contributed by atoms with Gasteiger partial charge in [-0.1, -0.05) is 19.8 Å². The second-order valence-electron chi connectivity index (χ2n) is 2.06. The van der Waals surface area contributed by atoms with Crippen LogP contribution in [0.5, 0.6) is 0 Å². The maximum Gasteiger partial charge on any atom is 0.357 e. The highest BCUT2D eigenvalue weighted by Crippen LogP contribution is 2.43. The molecular formula is C5H13ClNO2P. The number of rotatable bonds is 5. The van der Waals surface area contributed by atoms with E-state index in [0.29, 0.717) is 6.61 Å². The fourth-order valence-corrected chi connectivity index (χ4v) is 1.13. The average molecular weight is 186 g/mol. The van der Waals surface area contributed by atoms with Crippen LogP contribution in [0.3, 0.4) is 0 Å². The van der Waals surface area contributed by atoms with Gasteiger partial charge < -0.3 is 4.52 Å². The Bertz CT molecular complexity index is 125. The molecule has 2 N–H and O–H groups in total. The van der Waals surface area contributed by atoms with Crippen LogP contribution in [0.25, 0.3) is 0 Å². The summed E-state index contributed by atoms with van der Waals surface area (Å²) in [7, 11) is 0. The average Bonchev–Trinajstić information content (AvgIpc) is 1.78. The molecular weight excluding hydrogens is 172 g/mol. The van der Waals surface area contributed by atoms with Crippen LogP contribution in [-0.4, -0.2) is 6.61 Å². The minimum Gasteiger partial charge on any atom is -0.306 e. The fraction of sp³-hybridized carbons (Fsp3) is 1.00. The summed E-state index contributed by atoms with van der Waals surface area (Å²) in [6.07, 6.45) is 3.02. The molecule has 62 valence electrons. The van der Waals surface area contributed by atoms with Crippen LogP contribution >= 0.6 is 18.1 Å². The smallest absolute Gasteiger partial charge is 0.306 e. The first-order chi connectivity index (χ1) is 4.56. The van der Waals surface area contributed by atoms with Crippen molar-refractivity contribution < 1.29 is 9.09 Å². The van der Waals surface area contributed by atoms with Crippen LogP contribution in [-0.2, 0) is 9.09 Å². The maximum absolute atomic E-state index is 10.5. The van der Waals surface area contributed by atoms with Crippen LogP contribution in [0.1, 0.15) is 26.2 Å². The molecule has 0 aliphatic carbocycles. The Morgan fingerprint density at radius 1 is 1.60 bits per heavy atom. The molecule has 0 rings (SSSR count). The number of hydrogen-bond donors (Lipinski definition) is 1. The second kappa shape index (κ2) is 5.14. The van der Waals surface area contributed by atoms with Gasteiger partial charge in [-0.3, -0.25) is 4.57 Å². The maximum atomic E-state index is 10.5. The predicted molar refractivity (Wildman–Crippen MR) is 43.1 cm³/mol. The lowest BCUT2D eigenvalue weighted by atomic mass is 10.3. The van der Waals surface area contributed by atoms with E-state index in [0.717, 1.165) is 19.3 Å². The molecule has 5 heteroatoms. The number of halogens is 1. The summed E-state index contributed by atoms with van der Waals surface area (Å²) in [5.41, 5.74) is 4.92. The van der Waals surface area contributed by atoms with Crippen LogP contribution < -0.4 is 5.50 Å². The molecule has 0 aromatic rings. The van der Waals surface area contributed by atoms with Crippen molar-refractivity contribution in [2.75, 3.05) is 6.61 Å². The zero-order chi connectivity index (χ0) is 8.04. The van der Waals surface area contributed by atoms with Gasteiger partial charge in [0.15, 0.2) is 0 Å². The van der Waals surface area contributed by atoms with E-state index in [1.165, 1.54) is 0 Å². The molecule has 0 saturated carbocycles. The van der Waals surface area contributed by atoms with Gasteiger partial charge in [-0.25, -0.2) is 5.50 Å². The predicted octanol–water partition coefficient (Wildman–Crippen LogP) is 2.50. The minimum atomic E-state index is -3.23. The van der Waals surface area contributed by atoms with E-state index in [1.807, 2.05) is 0 Å². The monoisotopic (exact) mass is 185 g/mol. The number of hydrogen-bond acceptors (Lipinski definition) is 2. The molecule has 0 aliphatic rings. The minimum absolute atomic E-state index is 0.394. The molecule has 0 bridgehead atoms. The summed E-state index contributed by atoms with van der Waals surface area (Å²) in [5.74, 6) is 0. The Morgan fingerprint density at radius 3 is 2.60 bits per heavy atom. The molecule has 0 fully saturated rings. The molecule has 0 saturated heterocycles. The largest absolute Gasteiger partial charge is 0.357 e. The number of nitrogens with two attached hydrogens (primary N) is 1. The molecule has 0 aliphatic heterocycles. The van der Waals surface area contributed by atoms with Crippen molar-refractivity contribution in [3.8, 4) is 0 Å². The van der Waals surface area contributed by atoms with Gasteiger partial charge in [0.25, 0.3) is 0 Å². The molecule has 0 aromatic heterocycles. The van der Waals surface area contributed by atoms with Crippen molar-refractivity contribution in [2.45, 2.75) is 26.2 Å². The topological polar surface area (TPSA) is 52.3 Å². The van der Waals surface area contributed by atoms with Gasteiger partial charge in [0.05, 0.1) is 6.61 Å². The van der Waals surface area contributed by atoms with Crippen molar-refractivity contribution >= 4 is 18.1 Å². The fourth-order valence-electron chi connectivity index (χ4n) is 0.541. The molecule has 1 atom stereocenters. The first-order valence-electron chi connectivity index (χ1n) is 3.29.